The van der Waals surface area contributed by atoms with Crippen molar-refractivity contribution < 1.29 is 14.0 Å². The van der Waals surface area contributed by atoms with Crippen molar-refractivity contribution in [3.8, 4) is 0 Å². The van der Waals surface area contributed by atoms with E-state index in [-0.39, 0.29) is 6.42 Å². The van der Waals surface area contributed by atoms with Gasteiger partial charge in [-0.25, -0.2) is 4.39 Å². The van der Waals surface area contributed by atoms with Crippen LogP contribution >= 0.6 is 0 Å². The van der Waals surface area contributed by atoms with E-state index in [9.17, 15) is 9.18 Å². The zero-order valence-electron chi connectivity index (χ0n) is 11.5. The average Bonchev–Trinajstić information content (AvgIpc) is 2.98. The molecule has 0 spiro atoms. The van der Waals surface area contributed by atoms with Gasteiger partial charge in [-0.3, -0.25) is 9.78 Å². The monoisotopic (exact) mass is 300 g/mol. The predicted octanol–water partition coefficient (Wildman–Crippen LogP) is 1.94. The third-order valence-electron chi connectivity index (χ3n) is 3.24. The molecule has 1 aromatic heterocycles. The van der Waals surface area contributed by atoms with Gasteiger partial charge in [0, 0.05) is 35.8 Å². The molecule has 1 aliphatic heterocycles. The standard InChI is InChI=1S/C15H13FN4O2/c16-12-7-10(19-9-3-5-18-6-4-9)1-2-11(12)13-8-14(15(17)21)22-20-13/h1-7,14H,8H2,(H2,17,21)(H,18,19). The van der Waals surface area contributed by atoms with Crippen LogP contribution in [0.3, 0.4) is 0 Å². The van der Waals surface area contributed by atoms with Crippen molar-refractivity contribution in [1.29, 1.82) is 0 Å². The van der Waals surface area contributed by atoms with Crippen molar-refractivity contribution in [2.45, 2.75) is 12.5 Å². The number of benzene rings is 1. The van der Waals surface area contributed by atoms with E-state index >= 15 is 0 Å². The number of nitrogens with one attached hydrogen (secondary N) is 1. The van der Waals surface area contributed by atoms with Crippen LogP contribution in [0.5, 0.6) is 0 Å². The molecule has 0 saturated carbocycles. The Morgan fingerprint density at radius 3 is 2.68 bits per heavy atom. The summed E-state index contributed by atoms with van der Waals surface area (Å²) in [7, 11) is 0. The lowest BCUT2D eigenvalue weighted by Crippen LogP contribution is -2.28. The summed E-state index contributed by atoms with van der Waals surface area (Å²) in [4.78, 5) is 19.8. The van der Waals surface area contributed by atoms with Gasteiger partial charge >= 0.3 is 0 Å². The number of carbonyl (C=O) groups is 1. The Morgan fingerprint density at radius 1 is 1.27 bits per heavy atom. The van der Waals surface area contributed by atoms with E-state index in [1.54, 1.807) is 36.7 Å². The minimum absolute atomic E-state index is 0.170. The molecule has 2 aromatic rings. The summed E-state index contributed by atoms with van der Waals surface area (Å²) in [5.41, 5.74) is 7.21. The highest BCUT2D eigenvalue weighted by molar-refractivity contribution is 6.04. The maximum absolute atomic E-state index is 14.2. The number of carbonyl (C=O) groups excluding carboxylic acids is 1. The van der Waals surface area contributed by atoms with E-state index < -0.39 is 17.8 Å². The number of hydrogen-bond donors (Lipinski definition) is 2. The number of nitrogens with two attached hydrogens (primary N) is 1. The first-order valence-corrected chi connectivity index (χ1v) is 6.62. The minimum atomic E-state index is -0.830. The van der Waals surface area contributed by atoms with Gasteiger partial charge in [0.1, 0.15) is 5.82 Å². The Morgan fingerprint density at radius 2 is 2.05 bits per heavy atom. The Kier molecular flexibility index (Phi) is 3.69. The van der Waals surface area contributed by atoms with E-state index in [1.165, 1.54) is 6.07 Å². The van der Waals surface area contributed by atoms with E-state index in [0.717, 1.165) is 5.69 Å². The highest BCUT2D eigenvalue weighted by Gasteiger charge is 2.28. The fraction of sp³-hybridized carbons (Fsp3) is 0.133. The molecule has 6 nitrogen and oxygen atoms in total. The summed E-state index contributed by atoms with van der Waals surface area (Å²) in [5, 5.41) is 6.79. The fourth-order valence-corrected chi connectivity index (χ4v) is 2.12. The maximum atomic E-state index is 14.2. The molecule has 3 rings (SSSR count). The third-order valence-corrected chi connectivity index (χ3v) is 3.24. The van der Waals surface area contributed by atoms with Crippen LogP contribution < -0.4 is 11.1 Å². The second-order valence-corrected chi connectivity index (χ2v) is 4.79. The van der Waals surface area contributed by atoms with Crippen molar-refractivity contribution in [1.82, 2.24) is 4.98 Å². The molecule has 0 radical (unpaired) electrons. The van der Waals surface area contributed by atoms with Crippen molar-refractivity contribution in [3.63, 3.8) is 0 Å². The number of amides is 1. The number of nitrogens with zero attached hydrogens (tertiary/aromatic N) is 2. The molecule has 0 bridgehead atoms. The van der Waals surface area contributed by atoms with Crippen LogP contribution in [0.2, 0.25) is 0 Å². The average molecular weight is 300 g/mol. The number of halogens is 1. The Labute approximate surface area is 125 Å². The van der Waals surface area contributed by atoms with Gasteiger partial charge in [0.15, 0.2) is 0 Å². The molecule has 112 valence electrons. The molecule has 1 unspecified atom stereocenters. The molecule has 0 aliphatic carbocycles. The van der Waals surface area contributed by atoms with Gasteiger partial charge in [0.2, 0.25) is 6.10 Å². The lowest BCUT2D eigenvalue weighted by atomic mass is 10.0. The van der Waals surface area contributed by atoms with Gasteiger partial charge in [-0.1, -0.05) is 5.16 Å². The zero-order chi connectivity index (χ0) is 15.5. The lowest BCUT2D eigenvalue weighted by Gasteiger charge is -2.08. The van der Waals surface area contributed by atoms with Crippen LogP contribution in [0.15, 0.2) is 47.9 Å². The molecule has 1 aromatic carbocycles. The van der Waals surface area contributed by atoms with Crippen LogP contribution in [0.4, 0.5) is 15.8 Å². The number of aromatic nitrogens is 1. The SMILES string of the molecule is NC(=O)C1CC(c2ccc(Nc3ccncc3)cc2F)=NO1. The topological polar surface area (TPSA) is 89.6 Å². The van der Waals surface area contributed by atoms with Gasteiger partial charge < -0.3 is 15.9 Å². The number of rotatable bonds is 4. The summed E-state index contributed by atoms with van der Waals surface area (Å²) < 4.78 is 14.2. The van der Waals surface area contributed by atoms with E-state index in [0.29, 0.717) is 17.0 Å². The van der Waals surface area contributed by atoms with Crippen LogP contribution in [0, 0.1) is 5.82 Å². The van der Waals surface area contributed by atoms with Gasteiger partial charge in [-0.05, 0) is 30.3 Å². The van der Waals surface area contributed by atoms with Crippen LogP contribution in [-0.4, -0.2) is 22.7 Å². The molecule has 1 aliphatic rings. The predicted molar refractivity (Wildman–Crippen MR) is 79.1 cm³/mol. The summed E-state index contributed by atoms with van der Waals surface area (Å²) in [6.45, 7) is 0. The highest BCUT2D eigenvalue weighted by Crippen LogP contribution is 2.23. The molecule has 0 fully saturated rings. The Bertz CT molecular complexity index is 734. The van der Waals surface area contributed by atoms with E-state index in [4.69, 9.17) is 10.6 Å². The molecule has 3 N–H and O–H groups in total. The number of hydrogen-bond acceptors (Lipinski definition) is 5. The number of anilines is 2. The Balaban J connectivity index is 1.77. The van der Waals surface area contributed by atoms with Crippen LogP contribution in [0.1, 0.15) is 12.0 Å². The largest absolute Gasteiger partial charge is 0.382 e. The van der Waals surface area contributed by atoms with E-state index in [1.807, 2.05) is 0 Å². The van der Waals surface area contributed by atoms with Gasteiger partial charge in [-0.2, -0.15) is 0 Å². The van der Waals surface area contributed by atoms with E-state index in [2.05, 4.69) is 15.5 Å². The first-order valence-electron chi connectivity index (χ1n) is 6.62. The molecule has 22 heavy (non-hydrogen) atoms. The van der Waals surface area contributed by atoms with Crippen molar-refractivity contribution in [2.75, 3.05) is 5.32 Å². The third kappa shape index (κ3) is 2.88. The number of oxime groups is 1. The lowest BCUT2D eigenvalue weighted by molar-refractivity contribution is -0.127. The van der Waals surface area contributed by atoms with Crippen LogP contribution in [-0.2, 0) is 9.63 Å². The van der Waals surface area contributed by atoms with Gasteiger partial charge in [0.05, 0.1) is 5.71 Å². The number of primary amides is 1. The fourth-order valence-electron chi connectivity index (χ4n) is 2.12. The summed E-state index contributed by atoms with van der Waals surface area (Å²) in [6, 6.07) is 8.22. The Hall–Kier alpha value is -2.96. The molecule has 1 atom stereocenters. The molecule has 0 saturated heterocycles. The normalized spacial score (nSPS) is 16.8. The second kappa shape index (κ2) is 5.80. The quantitative estimate of drug-likeness (QED) is 0.903. The second-order valence-electron chi connectivity index (χ2n) is 4.79. The molecule has 2 heterocycles. The first-order chi connectivity index (χ1) is 10.6. The molecule has 7 heteroatoms. The van der Waals surface area contributed by atoms with Crippen molar-refractivity contribution >= 4 is 23.0 Å². The molecular formula is C15H13FN4O2. The molecular weight excluding hydrogens is 287 g/mol. The maximum Gasteiger partial charge on any atom is 0.261 e. The number of pyridine rings is 1. The summed E-state index contributed by atoms with van der Waals surface area (Å²) in [5.74, 6) is -1.07. The summed E-state index contributed by atoms with van der Waals surface area (Å²) >= 11 is 0. The smallest absolute Gasteiger partial charge is 0.261 e. The van der Waals surface area contributed by atoms with Gasteiger partial charge in [0.25, 0.3) is 5.91 Å². The summed E-state index contributed by atoms with van der Waals surface area (Å²) in [6.07, 6.45) is 2.62. The minimum Gasteiger partial charge on any atom is -0.382 e. The van der Waals surface area contributed by atoms with Gasteiger partial charge in [-0.15, -0.1) is 0 Å². The van der Waals surface area contributed by atoms with Crippen LogP contribution in [0.25, 0.3) is 0 Å². The first kappa shape index (κ1) is 14.0. The highest BCUT2D eigenvalue weighted by atomic mass is 19.1. The van der Waals surface area contributed by atoms with Crippen molar-refractivity contribution in [3.05, 3.63) is 54.1 Å². The zero-order valence-corrected chi connectivity index (χ0v) is 11.5. The molecule has 1 amide bonds. The van der Waals surface area contributed by atoms with Crippen molar-refractivity contribution in [2.24, 2.45) is 10.9 Å².